The maximum atomic E-state index is 13.8. The molecule has 188 valence electrons. The minimum atomic E-state index is -1.07. The second kappa shape index (κ2) is 10.6. The highest BCUT2D eigenvalue weighted by Gasteiger charge is 2.49. The molecule has 2 heterocycles. The van der Waals surface area contributed by atoms with E-state index in [1.54, 1.807) is 36.3 Å². The van der Waals surface area contributed by atoms with E-state index >= 15 is 0 Å². The molecule has 0 spiro atoms. The van der Waals surface area contributed by atoms with Gasteiger partial charge in [-0.15, -0.1) is 0 Å². The highest BCUT2D eigenvalue weighted by Crippen LogP contribution is 2.39. The molecule has 8 nitrogen and oxygen atoms in total. The first kappa shape index (κ1) is 25.6. The molecule has 0 unspecified atom stereocenters. The van der Waals surface area contributed by atoms with Crippen molar-refractivity contribution in [3.8, 4) is 6.07 Å². The van der Waals surface area contributed by atoms with Gasteiger partial charge in [0.25, 0.3) is 11.8 Å². The van der Waals surface area contributed by atoms with E-state index in [0.29, 0.717) is 29.7 Å². The van der Waals surface area contributed by atoms with E-state index in [4.69, 9.17) is 11.0 Å². The van der Waals surface area contributed by atoms with E-state index in [9.17, 15) is 9.59 Å². The summed E-state index contributed by atoms with van der Waals surface area (Å²) in [7, 11) is 1.71. The number of benzene rings is 2. The van der Waals surface area contributed by atoms with E-state index in [-0.39, 0.29) is 30.2 Å². The molecule has 1 aliphatic heterocycles. The van der Waals surface area contributed by atoms with E-state index in [1.165, 1.54) is 11.1 Å². The van der Waals surface area contributed by atoms with Gasteiger partial charge in [0.15, 0.2) is 11.5 Å². The number of amides is 2. The van der Waals surface area contributed by atoms with Gasteiger partial charge in [0.05, 0.1) is 23.7 Å². The maximum Gasteiger partial charge on any atom is 0.262 e. The van der Waals surface area contributed by atoms with Crippen LogP contribution in [0.5, 0.6) is 0 Å². The van der Waals surface area contributed by atoms with Gasteiger partial charge < -0.3 is 10.6 Å². The van der Waals surface area contributed by atoms with Crippen molar-refractivity contribution in [1.29, 1.82) is 5.26 Å². The Morgan fingerprint density at radius 2 is 1.81 bits per heavy atom. The number of aromatic nitrogens is 1. The van der Waals surface area contributed by atoms with Crippen molar-refractivity contribution in [3.63, 3.8) is 0 Å². The first-order valence-electron chi connectivity index (χ1n) is 12.1. The van der Waals surface area contributed by atoms with E-state index in [2.05, 4.69) is 29.9 Å². The molecule has 2 aromatic carbocycles. The Morgan fingerprint density at radius 1 is 1.11 bits per heavy atom. The number of hydrogen-bond donors (Lipinski definition) is 1. The molecule has 8 heteroatoms. The number of rotatable bonds is 8. The fourth-order valence-corrected chi connectivity index (χ4v) is 4.65. The van der Waals surface area contributed by atoms with Crippen LogP contribution in [0.1, 0.15) is 52.9 Å². The molecule has 1 aliphatic rings. The predicted molar refractivity (Wildman–Crippen MR) is 141 cm³/mol. The second-order valence-electron chi connectivity index (χ2n) is 9.74. The first-order valence-corrected chi connectivity index (χ1v) is 12.1. The summed E-state index contributed by atoms with van der Waals surface area (Å²) in [5.74, 6) is -0.00909. The molecule has 2 N–H and O–H groups in total. The maximum absolute atomic E-state index is 13.8. The highest BCUT2D eigenvalue weighted by atomic mass is 16.2. The zero-order chi connectivity index (χ0) is 26.6. The second-order valence-corrected chi connectivity index (χ2v) is 9.74. The molecule has 1 atom stereocenters. The van der Waals surface area contributed by atoms with Crippen molar-refractivity contribution in [2.24, 2.45) is 16.6 Å². The Kier molecular flexibility index (Phi) is 7.35. The lowest BCUT2D eigenvalue weighted by molar-refractivity contribution is -0.132. The number of hydrogen-bond acceptors (Lipinski definition) is 6. The van der Waals surface area contributed by atoms with Crippen LogP contribution in [0.25, 0.3) is 0 Å². The zero-order valence-corrected chi connectivity index (χ0v) is 21.3. The molecule has 0 saturated heterocycles. The summed E-state index contributed by atoms with van der Waals surface area (Å²) in [6, 6.07) is 20.4. The van der Waals surface area contributed by atoms with E-state index in [0.717, 1.165) is 11.1 Å². The van der Waals surface area contributed by atoms with Gasteiger partial charge in [0, 0.05) is 26.0 Å². The highest BCUT2D eigenvalue weighted by molar-refractivity contribution is 6.07. The third-order valence-corrected chi connectivity index (χ3v) is 6.37. The normalized spacial score (nSPS) is 17.0. The molecule has 0 aliphatic carbocycles. The third kappa shape index (κ3) is 5.36. The molecule has 0 radical (unpaired) electrons. The molecule has 0 bridgehead atoms. The Balaban J connectivity index is 1.52. The number of nitrogens with two attached hydrogens (primary N) is 1. The fourth-order valence-electron chi connectivity index (χ4n) is 4.65. The Labute approximate surface area is 217 Å². The average molecular weight is 495 g/mol. The standard InChI is InChI=1S/C29H30N6O2/c1-20(2)14-29(25-7-5-4-6-8-25)27(37)35(28(31)33-29)19-23-13-24(17-32-16-23)26(36)34(3)18-22-11-9-21(15-30)10-12-22/h4-13,16-17,20H,14,18-19H2,1-3H3,(H2,31,33)/t29-/m0/s1. The van der Waals surface area contributed by atoms with E-state index in [1.807, 2.05) is 42.5 Å². The lowest BCUT2D eigenvalue weighted by Crippen LogP contribution is -2.43. The minimum Gasteiger partial charge on any atom is -0.369 e. The van der Waals surface area contributed by atoms with Crippen LogP contribution in [-0.2, 0) is 23.4 Å². The van der Waals surface area contributed by atoms with Crippen LogP contribution >= 0.6 is 0 Å². The van der Waals surface area contributed by atoms with Crippen molar-refractivity contribution in [3.05, 3.63) is 101 Å². The van der Waals surface area contributed by atoms with E-state index < -0.39 is 5.54 Å². The summed E-state index contributed by atoms with van der Waals surface area (Å²) in [5, 5.41) is 8.97. The average Bonchev–Trinajstić information content (AvgIpc) is 3.13. The molecule has 0 fully saturated rings. The number of nitrogens with zero attached hydrogens (tertiary/aromatic N) is 5. The largest absolute Gasteiger partial charge is 0.369 e. The van der Waals surface area contributed by atoms with Gasteiger partial charge in [0.1, 0.15) is 0 Å². The van der Waals surface area contributed by atoms with Gasteiger partial charge in [-0.1, -0.05) is 56.3 Å². The number of guanidine groups is 1. The molecule has 0 saturated carbocycles. The number of nitriles is 1. The van der Waals surface area contributed by atoms with Gasteiger partial charge >= 0.3 is 0 Å². The summed E-state index contributed by atoms with van der Waals surface area (Å²) in [5.41, 5.74) is 8.61. The molecular formula is C29H30N6O2. The summed E-state index contributed by atoms with van der Waals surface area (Å²) in [6.07, 6.45) is 3.67. The van der Waals surface area contributed by atoms with Gasteiger partial charge in [-0.2, -0.15) is 5.26 Å². The lowest BCUT2D eigenvalue weighted by Gasteiger charge is -2.28. The van der Waals surface area contributed by atoms with Gasteiger partial charge in [-0.05, 0) is 47.2 Å². The van der Waals surface area contributed by atoms with Crippen LogP contribution in [0.2, 0.25) is 0 Å². The minimum absolute atomic E-state index is 0.157. The van der Waals surface area contributed by atoms with Crippen molar-refractivity contribution in [2.45, 2.75) is 38.9 Å². The van der Waals surface area contributed by atoms with Crippen LogP contribution in [0.3, 0.4) is 0 Å². The molecular weight excluding hydrogens is 464 g/mol. The van der Waals surface area contributed by atoms with Crippen LogP contribution in [0.4, 0.5) is 0 Å². The SMILES string of the molecule is CC(C)C[C@@]1(c2ccccc2)N=C(N)N(Cc2cncc(C(=O)N(C)Cc3ccc(C#N)cc3)c2)C1=O. The summed E-state index contributed by atoms with van der Waals surface area (Å²) in [6.45, 7) is 4.65. The van der Waals surface area contributed by atoms with Crippen molar-refractivity contribution in [1.82, 2.24) is 14.8 Å². The van der Waals surface area contributed by atoms with Crippen molar-refractivity contribution in [2.75, 3.05) is 7.05 Å². The van der Waals surface area contributed by atoms with Crippen LogP contribution in [0, 0.1) is 17.2 Å². The number of aliphatic imine (C=N–C) groups is 1. The monoisotopic (exact) mass is 494 g/mol. The van der Waals surface area contributed by atoms with Gasteiger partial charge in [-0.3, -0.25) is 19.5 Å². The van der Waals surface area contributed by atoms with Crippen LogP contribution < -0.4 is 5.73 Å². The Bertz CT molecular complexity index is 1360. The van der Waals surface area contributed by atoms with Crippen molar-refractivity contribution >= 4 is 17.8 Å². The predicted octanol–water partition coefficient (Wildman–Crippen LogP) is 3.82. The number of carbonyl (C=O) groups is 2. The van der Waals surface area contributed by atoms with Crippen LogP contribution in [0.15, 0.2) is 78.0 Å². The van der Waals surface area contributed by atoms with Crippen molar-refractivity contribution < 1.29 is 9.59 Å². The summed E-state index contributed by atoms with van der Waals surface area (Å²) in [4.78, 5) is 38.9. The van der Waals surface area contributed by atoms with Gasteiger partial charge in [-0.25, -0.2) is 4.99 Å². The molecule has 1 aromatic heterocycles. The smallest absolute Gasteiger partial charge is 0.262 e. The van der Waals surface area contributed by atoms with Crippen LogP contribution in [-0.4, -0.2) is 39.6 Å². The summed E-state index contributed by atoms with van der Waals surface area (Å²) < 4.78 is 0. The first-order chi connectivity index (χ1) is 17.7. The lowest BCUT2D eigenvalue weighted by atomic mass is 9.82. The number of carbonyl (C=O) groups excluding carboxylic acids is 2. The Morgan fingerprint density at radius 3 is 2.46 bits per heavy atom. The Hall–Kier alpha value is -4.51. The molecule has 37 heavy (non-hydrogen) atoms. The summed E-state index contributed by atoms with van der Waals surface area (Å²) >= 11 is 0. The quantitative estimate of drug-likeness (QED) is 0.511. The molecule has 3 aromatic rings. The van der Waals surface area contributed by atoms with Gasteiger partial charge in [0.2, 0.25) is 0 Å². The number of pyridine rings is 1. The zero-order valence-electron chi connectivity index (χ0n) is 21.3. The topological polar surface area (TPSA) is 116 Å². The molecule has 4 rings (SSSR count). The third-order valence-electron chi connectivity index (χ3n) is 6.37. The fraction of sp³-hybridized carbons (Fsp3) is 0.276. The molecule has 2 amide bonds.